The second kappa shape index (κ2) is 6.31. The van der Waals surface area contributed by atoms with Crippen LogP contribution in [-0.4, -0.2) is 24.8 Å². The van der Waals surface area contributed by atoms with Gasteiger partial charge >= 0.3 is 0 Å². The van der Waals surface area contributed by atoms with Gasteiger partial charge in [-0.1, -0.05) is 6.08 Å². The van der Waals surface area contributed by atoms with Gasteiger partial charge in [0.05, 0.1) is 23.9 Å². The largest absolute Gasteiger partial charge is 0.395 e. The van der Waals surface area contributed by atoms with Crippen LogP contribution in [0.1, 0.15) is 5.56 Å². The van der Waals surface area contributed by atoms with Crippen LogP contribution in [0.4, 0.5) is 5.69 Å². The minimum atomic E-state index is 0.0836. The zero-order valence-corrected chi connectivity index (χ0v) is 10.4. The summed E-state index contributed by atoms with van der Waals surface area (Å²) >= 11 is 3.42. The zero-order chi connectivity index (χ0) is 12.0. The average Bonchev–Trinajstić information content (AvgIpc) is 2.29. The summed E-state index contributed by atoms with van der Waals surface area (Å²) in [4.78, 5) is 1.98. The first kappa shape index (κ1) is 12.8. The van der Waals surface area contributed by atoms with E-state index in [-0.39, 0.29) is 6.61 Å². The lowest BCUT2D eigenvalue weighted by molar-refractivity contribution is 0.303. The fraction of sp³-hybridized carbons (Fsp3) is 0.250. The first-order valence-corrected chi connectivity index (χ1v) is 5.68. The van der Waals surface area contributed by atoms with E-state index in [2.05, 4.69) is 28.6 Å². The Labute approximate surface area is 104 Å². The number of halogens is 1. The lowest BCUT2D eigenvalue weighted by Gasteiger charge is -2.23. The van der Waals surface area contributed by atoms with E-state index < -0.39 is 0 Å². The molecule has 3 nitrogen and oxygen atoms in total. The highest BCUT2D eigenvalue weighted by Crippen LogP contribution is 2.27. The van der Waals surface area contributed by atoms with Crippen LogP contribution in [0.25, 0.3) is 0 Å². The number of nitrogens with zero attached hydrogens (tertiary/aromatic N) is 2. The summed E-state index contributed by atoms with van der Waals surface area (Å²) < 4.78 is 0.849. The molecule has 0 aliphatic heterocycles. The van der Waals surface area contributed by atoms with E-state index >= 15 is 0 Å². The molecule has 0 aromatic heterocycles. The number of anilines is 1. The Morgan fingerprint density at radius 2 is 2.31 bits per heavy atom. The highest BCUT2D eigenvalue weighted by Gasteiger charge is 2.08. The number of aliphatic hydroxyl groups excluding tert-OH is 1. The summed E-state index contributed by atoms with van der Waals surface area (Å²) in [5, 5.41) is 17.7. The molecule has 0 aliphatic rings. The second-order valence-electron chi connectivity index (χ2n) is 3.24. The molecule has 16 heavy (non-hydrogen) atoms. The van der Waals surface area contributed by atoms with Crippen molar-refractivity contribution in [3.05, 3.63) is 40.9 Å². The van der Waals surface area contributed by atoms with Crippen LogP contribution in [-0.2, 0) is 0 Å². The zero-order valence-electron chi connectivity index (χ0n) is 8.86. The van der Waals surface area contributed by atoms with E-state index in [9.17, 15) is 0 Å². The van der Waals surface area contributed by atoms with E-state index in [0.717, 1.165) is 10.2 Å². The quantitative estimate of drug-likeness (QED) is 0.842. The summed E-state index contributed by atoms with van der Waals surface area (Å²) in [6, 6.07) is 7.47. The highest BCUT2D eigenvalue weighted by atomic mass is 79.9. The second-order valence-corrected chi connectivity index (χ2v) is 4.09. The number of hydrogen-bond acceptors (Lipinski definition) is 3. The summed E-state index contributed by atoms with van der Waals surface area (Å²) in [6.07, 6.45) is 1.78. The Bertz CT molecular complexity index is 412. The number of rotatable bonds is 5. The van der Waals surface area contributed by atoms with Crippen molar-refractivity contribution in [3.63, 3.8) is 0 Å². The van der Waals surface area contributed by atoms with Gasteiger partial charge in [-0.15, -0.1) is 6.58 Å². The van der Waals surface area contributed by atoms with E-state index in [0.29, 0.717) is 18.7 Å². The van der Waals surface area contributed by atoms with Gasteiger partial charge in [0.1, 0.15) is 0 Å². The van der Waals surface area contributed by atoms with Crippen molar-refractivity contribution in [1.29, 1.82) is 5.26 Å². The molecular formula is C12H13BrN2O. The molecule has 1 aromatic carbocycles. The number of aliphatic hydroxyl groups is 1. The van der Waals surface area contributed by atoms with Gasteiger partial charge < -0.3 is 10.0 Å². The van der Waals surface area contributed by atoms with Gasteiger partial charge in [-0.2, -0.15) is 5.26 Å². The van der Waals surface area contributed by atoms with Crippen molar-refractivity contribution < 1.29 is 5.11 Å². The Hall–Kier alpha value is -1.31. The molecule has 1 aromatic rings. The highest BCUT2D eigenvalue weighted by molar-refractivity contribution is 9.10. The maximum absolute atomic E-state index is 8.97. The molecule has 0 saturated heterocycles. The predicted octanol–water partition coefficient (Wildman–Crippen LogP) is 2.31. The summed E-state index contributed by atoms with van der Waals surface area (Å²) in [6.45, 7) is 4.96. The minimum absolute atomic E-state index is 0.0836. The number of nitriles is 1. The number of benzene rings is 1. The normalized spacial score (nSPS) is 9.56. The monoisotopic (exact) mass is 280 g/mol. The van der Waals surface area contributed by atoms with Crippen LogP contribution in [0.15, 0.2) is 35.3 Å². The average molecular weight is 281 g/mol. The first-order valence-electron chi connectivity index (χ1n) is 4.89. The van der Waals surface area contributed by atoms with E-state index in [1.165, 1.54) is 0 Å². The van der Waals surface area contributed by atoms with E-state index in [1.54, 1.807) is 18.2 Å². The third kappa shape index (κ3) is 3.09. The van der Waals surface area contributed by atoms with Gasteiger partial charge in [0, 0.05) is 17.6 Å². The van der Waals surface area contributed by atoms with Crippen LogP contribution < -0.4 is 4.90 Å². The molecule has 4 heteroatoms. The third-order valence-electron chi connectivity index (χ3n) is 2.14. The van der Waals surface area contributed by atoms with Crippen LogP contribution in [0.2, 0.25) is 0 Å². The first-order chi connectivity index (χ1) is 7.72. The van der Waals surface area contributed by atoms with Gasteiger partial charge in [-0.25, -0.2) is 0 Å². The lowest BCUT2D eigenvalue weighted by atomic mass is 10.2. The Morgan fingerprint density at radius 1 is 1.56 bits per heavy atom. The van der Waals surface area contributed by atoms with Crippen LogP contribution >= 0.6 is 15.9 Å². The Kier molecular flexibility index (Phi) is 5.03. The fourth-order valence-corrected chi connectivity index (χ4v) is 2.05. The molecule has 0 bridgehead atoms. The van der Waals surface area contributed by atoms with E-state index in [4.69, 9.17) is 10.4 Å². The van der Waals surface area contributed by atoms with Crippen molar-refractivity contribution in [2.75, 3.05) is 24.6 Å². The molecule has 0 aliphatic carbocycles. The molecule has 0 atom stereocenters. The van der Waals surface area contributed by atoms with Gasteiger partial charge in [-0.05, 0) is 34.1 Å². The molecule has 84 valence electrons. The van der Waals surface area contributed by atoms with Crippen molar-refractivity contribution in [1.82, 2.24) is 0 Å². The van der Waals surface area contributed by atoms with Crippen molar-refractivity contribution >= 4 is 21.6 Å². The summed E-state index contributed by atoms with van der Waals surface area (Å²) in [5.41, 5.74) is 1.56. The predicted molar refractivity (Wildman–Crippen MR) is 68.4 cm³/mol. The van der Waals surface area contributed by atoms with Crippen LogP contribution in [0, 0.1) is 11.3 Å². The molecule has 0 unspecified atom stereocenters. The van der Waals surface area contributed by atoms with Crippen molar-refractivity contribution in [2.45, 2.75) is 0 Å². The van der Waals surface area contributed by atoms with Crippen molar-refractivity contribution in [2.24, 2.45) is 0 Å². The van der Waals surface area contributed by atoms with Gasteiger partial charge in [0.25, 0.3) is 0 Å². The lowest BCUT2D eigenvalue weighted by Crippen LogP contribution is -2.26. The molecule has 0 saturated carbocycles. The molecule has 0 fully saturated rings. The smallest absolute Gasteiger partial charge is 0.0992 e. The molecule has 1 rings (SSSR count). The maximum atomic E-state index is 8.97. The fourth-order valence-electron chi connectivity index (χ4n) is 1.42. The third-order valence-corrected chi connectivity index (χ3v) is 2.77. The summed E-state index contributed by atoms with van der Waals surface area (Å²) in [5.74, 6) is 0. The Morgan fingerprint density at radius 3 is 2.81 bits per heavy atom. The molecule has 0 radical (unpaired) electrons. The van der Waals surface area contributed by atoms with Gasteiger partial charge in [0.15, 0.2) is 0 Å². The van der Waals surface area contributed by atoms with Gasteiger partial charge in [-0.3, -0.25) is 0 Å². The van der Waals surface area contributed by atoms with Crippen LogP contribution in [0.3, 0.4) is 0 Å². The maximum Gasteiger partial charge on any atom is 0.0992 e. The molecule has 0 spiro atoms. The SMILES string of the molecule is C=CCN(CCO)c1ccc(C#N)cc1Br. The van der Waals surface area contributed by atoms with E-state index in [1.807, 2.05) is 11.0 Å². The molecule has 0 amide bonds. The molecular weight excluding hydrogens is 268 g/mol. The standard InChI is InChI=1S/C12H13BrN2O/c1-2-5-15(6-7-16)12-4-3-10(9-14)8-11(12)13/h2-4,8,16H,1,5-7H2. The minimum Gasteiger partial charge on any atom is -0.395 e. The van der Waals surface area contributed by atoms with Gasteiger partial charge in [0.2, 0.25) is 0 Å². The molecule has 1 N–H and O–H groups in total. The molecule has 0 heterocycles. The van der Waals surface area contributed by atoms with Crippen LogP contribution in [0.5, 0.6) is 0 Å². The Balaban J connectivity index is 3.00. The van der Waals surface area contributed by atoms with Crippen molar-refractivity contribution in [3.8, 4) is 6.07 Å². The summed E-state index contributed by atoms with van der Waals surface area (Å²) in [7, 11) is 0. The topological polar surface area (TPSA) is 47.3 Å². The number of hydrogen-bond donors (Lipinski definition) is 1.